The normalized spacial score (nSPS) is 11.0. The third-order valence-corrected chi connectivity index (χ3v) is 5.98. The topological polar surface area (TPSA) is 84.5 Å². The molecule has 2 N–H and O–H groups in total. The Morgan fingerprint density at radius 3 is 2.43 bits per heavy atom. The molecule has 3 aromatic carbocycles. The van der Waals surface area contributed by atoms with Crippen molar-refractivity contribution in [2.75, 3.05) is 18.4 Å². The van der Waals surface area contributed by atoms with Crippen molar-refractivity contribution in [2.24, 2.45) is 0 Å². The summed E-state index contributed by atoms with van der Waals surface area (Å²) in [6.45, 7) is 0.439. The Labute approximate surface area is 180 Å². The molecular formula is C22H21ClN2O4S. The number of anilines is 1. The number of hydrogen-bond donors (Lipinski definition) is 2. The molecule has 0 aliphatic heterocycles. The Morgan fingerprint density at radius 2 is 1.73 bits per heavy atom. The highest BCUT2D eigenvalue weighted by Gasteiger charge is 2.17. The van der Waals surface area contributed by atoms with Crippen LogP contribution in [0.3, 0.4) is 0 Å². The summed E-state index contributed by atoms with van der Waals surface area (Å²) in [7, 11) is -2.35. The number of methoxy groups -OCH3 is 1. The van der Waals surface area contributed by atoms with Gasteiger partial charge in [0.15, 0.2) is 0 Å². The molecule has 0 saturated heterocycles. The number of benzene rings is 3. The lowest BCUT2D eigenvalue weighted by atomic mass is 10.1. The highest BCUT2D eigenvalue weighted by Crippen LogP contribution is 2.26. The molecule has 0 spiro atoms. The molecular weight excluding hydrogens is 424 g/mol. The minimum absolute atomic E-state index is 0.0453. The summed E-state index contributed by atoms with van der Waals surface area (Å²) in [5.74, 6) is 0.135. The fourth-order valence-corrected chi connectivity index (χ4v) is 4.12. The van der Waals surface area contributed by atoms with Gasteiger partial charge in [0.2, 0.25) is 0 Å². The SMILES string of the molecule is COc1ccccc1NS(=O)(=O)c1ccc(C(=O)NCCc2cccc(Cl)c2)cc1. The number of rotatable bonds is 8. The second-order valence-electron chi connectivity index (χ2n) is 6.47. The smallest absolute Gasteiger partial charge is 0.262 e. The maximum absolute atomic E-state index is 12.6. The van der Waals surface area contributed by atoms with Crippen molar-refractivity contribution < 1.29 is 17.9 Å². The lowest BCUT2D eigenvalue weighted by molar-refractivity contribution is 0.0954. The van der Waals surface area contributed by atoms with E-state index < -0.39 is 10.0 Å². The van der Waals surface area contributed by atoms with Crippen LogP contribution in [0.15, 0.2) is 77.7 Å². The van der Waals surface area contributed by atoms with Crippen LogP contribution in [0, 0.1) is 0 Å². The van der Waals surface area contributed by atoms with Gasteiger partial charge in [-0.2, -0.15) is 0 Å². The standard InChI is InChI=1S/C22H21ClN2O4S/c1-29-21-8-3-2-7-20(21)25-30(27,28)19-11-9-17(10-12-19)22(26)24-14-13-16-5-4-6-18(23)15-16/h2-12,15,25H,13-14H2,1H3,(H,24,26). The lowest BCUT2D eigenvalue weighted by Crippen LogP contribution is -2.25. The Kier molecular flexibility index (Phi) is 6.97. The first kappa shape index (κ1) is 21.7. The van der Waals surface area contributed by atoms with E-state index in [4.69, 9.17) is 16.3 Å². The molecule has 0 bridgehead atoms. The van der Waals surface area contributed by atoms with E-state index >= 15 is 0 Å². The number of ether oxygens (including phenoxy) is 1. The zero-order chi connectivity index (χ0) is 21.6. The molecule has 3 aromatic rings. The first-order chi connectivity index (χ1) is 14.4. The summed E-state index contributed by atoms with van der Waals surface area (Å²) in [5, 5.41) is 3.47. The van der Waals surface area contributed by atoms with Crippen molar-refractivity contribution in [3.63, 3.8) is 0 Å². The average molecular weight is 445 g/mol. The van der Waals surface area contributed by atoms with Crippen LogP contribution in [0.2, 0.25) is 5.02 Å². The van der Waals surface area contributed by atoms with Gasteiger partial charge in [0, 0.05) is 17.1 Å². The van der Waals surface area contributed by atoms with Gasteiger partial charge in [0.25, 0.3) is 15.9 Å². The maximum atomic E-state index is 12.6. The van der Waals surface area contributed by atoms with Crippen LogP contribution in [-0.4, -0.2) is 28.0 Å². The van der Waals surface area contributed by atoms with Crippen molar-refractivity contribution in [1.29, 1.82) is 0 Å². The maximum Gasteiger partial charge on any atom is 0.262 e. The molecule has 6 nitrogen and oxygen atoms in total. The fourth-order valence-electron chi connectivity index (χ4n) is 2.83. The molecule has 0 aliphatic rings. The van der Waals surface area contributed by atoms with Crippen LogP contribution in [-0.2, 0) is 16.4 Å². The Balaban J connectivity index is 1.62. The third-order valence-electron chi connectivity index (χ3n) is 4.37. The fraction of sp³-hybridized carbons (Fsp3) is 0.136. The van der Waals surface area contributed by atoms with Crippen molar-refractivity contribution in [1.82, 2.24) is 5.32 Å². The van der Waals surface area contributed by atoms with E-state index in [9.17, 15) is 13.2 Å². The van der Waals surface area contributed by atoms with Crippen molar-refractivity contribution >= 4 is 33.2 Å². The van der Waals surface area contributed by atoms with Crippen molar-refractivity contribution in [2.45, 2.75) is 11.3 Å². The number of amides is 1. The third kappa shape index (κ3) is 5.52. The molecule has 0 radical (unpaired) electrons. The first-order valence-corrected chi connectivity index (χ1v) is 11.0. The molecule has 0 heterocycles. The monoisotopic (exact) mass is 444 g/mol. The summed E-state index contributed by atoms with van der Waals surface area (Å²) in [6.07, 6.45) is 0.640. The number of hydrogen-bond acceptors (Lipinski definition) is 4. The van der Waals surface area contributed by atoms with Gasteiger partial charge >= 0.3 is 0 Å². The second kappa shape index (κ2) is 9.65. The number of sulfonamides is 1. The average Bonchev–Trinajstić information content (AvgIpc) is 2.74. The van der Waals surface area contributed by atoms with Crippen LogP contribution in [0.1, 0.15) is 15.9 Å². The number of halogens is 1. The van der Waals surface area contributed by atoms with Gasteiger partial charge < -0.3 is 10.1 Å². The Bertz CT molecular complexity index is 1130. The number of carbonyl (C=O) groups is 1. The minimum Gasteiger partial charge on any atom is -0.495 e. The van der Waals surface area contributed by atoms with Crippen LogP contribution in [0.4, 0.5) is 5.69 Å². The molecule has 0 unspecified atom stereocenters. The van der Waals surface area contributed by atoms with Gasteiger partial charge in [0.05, 0.1) is 17.7 Å². The van der Waals surface area contributed by atoms with E-state index in [1.807, 2.05) is 18.2 Å². The van der Waals surface area contributed by atoms with Crippen LogP contribution >= 0.6 is 11.6 Å². The van der Waals surface area contributed by atoms with Gasteiger partial charge in [-0.3, -0.25) is 9.52 Å². The zero-order valence-electron chi connectivity index (χ0n) is 16.3. The summed E-state index contributed by atoms with van der Waals surface area (Å²) < 4.78 is 32.9. The minimum atomic E-state index is -3.82. The molecule has 3 rings (SSSR count). The molecule has 0 saturated carbocycles. The highest BCUT2D eigenvalue weighted by atomic mass is 35.5. The largest absolute Gasteiger partial charge is 0.495 e. The molecule has 1 amide bonds. The number of para-hydroxylation sites is 2. The van der Waals surface area contributed by atoms with Crippen LogP contribution in [0.25, 0.3) is 0 Å². The molecule has 8 heteroatoms. The van der Waals surface area contributed by atoms with Gasteiger partial charge in [-0.05, 0) is 60.5 Å². The predicted octanol–water partition coefficient (Wildman–Crippen LogP) is 4.12. The zero-order valence-corrected chi connectivity index (χ0v) is 17.8. The molecule has 0 fully saturated rings. The first-order valence-electron chi connectivity index (χ1n) is 9.17. The summed E-state index contributed by atoms with van der Waals surface area (Å²) >= 11 is 5.95. The highest BCUT2D eigenvalue weighted by molar-refractivity contribution is 7.92. The number of nitrogens with one attached hydrogen (secondary N) is 2. The molecule has 0 aliphatic carbocycles. The number of carbonyl (C=O) groups excluding carboxylic acids is 1. The van der Waals surface area contributed by atoms with Crippen LogP contribution < -0.4 is 14.8 Å². The van der Waals surface area contributed by atoms with Crippen LogP contribution in [0.5, 0.6) is 5.75 Å². The summed E-state index contributed by atoms with van der Waals surface area (Å²) in [6, 6.07) is 19.9. The lowest BCUT2D eigenvalue weighted by Gasteiger charge is -2.12. The quantitative estimate of drug-likeness (QED) is 0.547. The molecule has 0 atom stereocenters. The summed E-state index contributed by atoms with van der Waals surface area (Å²) in [5.41, 5.74) is 1.73. The van der Waals surface area contributed by atoms with Crippen molar-refractivity contribution in [3.8, 4) is 5.75 Å². The Hall–Kier alpha value is -3.03. The van der Waals surface area contributed by atoms with E-state index in [1.54, 1.807) is 30.3 Å². The molecule has 30 heavy (non-hydrogen) atoms. The van der Waals surface area contributed by atoms with Gasteiger partial charge in [-0.25, -0.2) is 8.42 Å². The van der Waals surface area contributed by atoms with Gasteiger partial charge in [-0.1, -0.05) is 35.9 Å². The van der Waals surface area contributed by atoms with E-state index in [2.05, 4.69) is 10.0 Å². The van der Waals surface area contributed by atoms with E-state index in [0.29, 0.717) is 35.0 Å². The predicted molar refractivity (Wildman–Crippen MR) is 118 cm³/mol. The summed E-state index contributed by atoms with van der Waals surface area (Å²) in [4.78, 5) is 12.4. The second-order valence-corrected chi connectivity index (χ2v) is 8.58. The Morgan fingerprint density at radius 1 is 1.00 bits per heavy atom. The van der Waals surface area contributed by atoms with Gasteiger partial charge in [-0.15, -0.1) is 0 Å². The van der Waals surface area contributed by atoms with Crippen molar-refractivity contribution in [3.05, 3.63) is 88.9 Å². The molecule has 156 valence electrons. The van der Waals surface area contributed by atoms with E-state index in [1.165, 1.54) is 31.4 Å². The van der Waals surface area contributed by atoms with Gasteiger partial charge in [0.1, 0.15) is 5.75 Å². The van der Waals surface area contributed by atoms with E-state index in [0.717, 1.165) is 5.56 Å². The molecule has 0 aromatic heterocycles. The van der Waals surface area contributed by atoms with E-state index in [-0.39, 0.29) is 10.8 Å².